The molecule has 1 aliphatic heterocycles. The van der Waals surface area contributed by atoms with Gasteiger partial charge in [-0.3, -0.25) is 14.4 Å². The number of hydrogen-bond donors (Lipinski definition) is 2. The summed E-state index contributed by atoms with van der Waals surface area (Å²) in [6, 6.07) is 13.1. The standard InChI is InChI=1S/C31H41N3O6S/c1-7-39-26(35)18-20(2)34-27(22-13-9-8-10-14-22)29(37)33(6)24-17-16-21(19-23(24)28(34)36)12-11-15-25(41)32-30(38)40-31(3,4)5/h8-10,13-14,16-17,19-20,25,27,41H,7,11-12,15,18H2,1-6H3,(H,32,38). The molecule has 1 heterocycles. The van der Waals surface area contributed by atoms with Crippen molar-refractivity contribution in [2.24, 2.45) is 0 Å². The van der Waals surface area contributed by atoms with Crippen molar-refractivity contribution in [1.82, 2.24) is 10.2 Å². The molecule has 9 nitrogen and oxygen atoms in total. The number of nitrogens with zero attached hydrogens (tertiary/aromatic N) is 2. The van der Waals surface area contributed by atoms with E-state index in [1.807, 2.05) is 42.5 Å². The third-order valence-electron chi connectivity index (χ3n) is 6.71. The Morgan fingerprint density at radius 3 is 2.41 bits per heavy atom. The second-order valence-electron chi connectivity index (χ2n) is 11.2. The average Bonchev–Trinajstić information content (AvgIpc) is 2.97. The van der Waals surface area contributed by atoms with Gasteiger partial charge in [-0.15, -0.1) is 0 Å². The Bertz CT molecular complexity index is 1250. The highest BCUT2D eigenvalue weighted by atomic mass is 32.1. The van der Waals surface area contributed by atoms with Gasteiger partial charge in [0.25, 0.3) is 11.8 Å². The van der Waals surface area contributed by atoms with Gasteiger partial charge in [0.15, 0.2) is 0 Å². The van der Waals surface area contributed by atoms with Gasteiger partial charge in [-0.05, 0) is 77.1 Å². The van der Waals surface area contributed by atoms with Gasteiger partial charge in [0.05, 0.1) is 29.7 Å². The number of alkyl carbamates (subject to hydrolysis) is 1. The number of carbonyl (C=O) groups is 4. The highest BCUT2D eigenvalue weighted by Gasteiger charge is 2.42. The van der Waals surface area contributed by atoms with E-state index < -0.39 is 29.7 Å². The van der Waals surface area contributed by atoms with Gasteiger partial charge in [0, 0.05) is 13.1 Å². The highest BCUT2D eigenvalue weighted by molar-refractivity contribution is 7.80. The van der Waals surface area contributed by atoms with Crippen LogP contribution in [0.3, 0.4) is 0 Å². The summed E-state index contributed by atoms with van der Waals surface area (Å²) in [5.74, 6) is -1.03. The van der Waals surface area contributed by atoms with Gasteiger partial charge in [0.2, 0.25) is 0 Å². The zero-order valence-electron chi connectivity index (χ0n) is 24.7. The quantitative estimate of drug-likeness (QED) is 0.224. The van der Waals surface area contributed by atoms with Crippen LogP contribution in [-0.2, 0) is 25.5 Å². The van der Waals surface area contributed by atoms with Crippen molar-refractivity contribution < 1.29 is 28.7 Å². The average molecular weight is 584 g/mol. The summed E-state index contributed by atoms with van der Waals surface area (Å²) < 4.78 is 10.4. The smallest absolute Gasteiger partial charge is 0.408 e. The Labute approximate surface area is 248 Å². The molecule has 1 N–H and O–H groups in total. The number of likely N-dealkylation sites (N-methyl/N-ethyl adjacent to an activating group) is 1. The van der Waals surface area contributed by atoms with Crippen LogP contribution in [0.25, 0.3) is 0 Å². The maximum atomic E-state index is 14.2. The Morgan fingerprint density at radius 2 is 1.78 bits per heavy atom. The minimum absolute atomic E-state index is 0.0388. The molecule has 0 saturated heterocycles. The molecule has 222 valence electrons. The lowest BCUT2D eigenvalue weighted by Crippen LogP contribution is -2.46. The third kappa shape index (κ3) is 8.48. The molecule has 3 amide bonds. The summed E-state index contributed by atoms with van der Waals surface area (Å²) in [7, 11) is 1.66. The number of esters is 1. The van der Waals surface area contributed by atoms with Gasteiger partial charge >= 0.3 is 12.1 Å². The van der Waals surface area contributed by atoms with Gasteiger partial charge in [-0.25, -0.2) is 4.79 Å². The van der Waals surface area contributed by atoms with Crippen molar-refractivity contribution in [3.63, 3.8) is 0 Å². The minimum Gasteiger partial charge on any atom is -0.466 e. The number of aryl methyl sites for hydroxylation is 1. The molecule has 1 aliphatic rings. The van der Waals surface area contributed by atoms with Crippen LogP contribution in [-0.4, -0.2) is 59.4 Å². The van der Waals surface area contributed by atoms with Gasteiger partial charge in [-0.2, -0.15) is 12.6 Å². The van der Waals surface area contributed by atoms with Gasteiger partial charge in [-0.1, -0.05) is 36.4 Å². The van der Waals surface area contributed by atoms with Crippen LogP contribution in [0.1, 0.15) is 81.4 Å². The number of amides is 3. The van der Waals surface area contributed by atoms with E-state index >= 15 is 0 Å². The summed E-state index contributed by atoms with van der Waals surface area (Å²) in [6.07, 6.45) is 1.35. The van der Waals surface area contributed by atoms with Crippen LogP contribution in [0.15, 0.2) is 48.5 Å². The van der Waals surface area contributed by atoms with E-state index in [0.717, 1.165) is 5.56 Å². The first kappa shape index (κ1) is 32.0. The molecule has 3 atom stereocenters. The monoisotopic (exact) mass is 583 g/mol. The maximum Gasteiger partial charge on any atom is 0.408 e. The Kier molecular flexibility index (Phi) is 10.8. The molecule has 0 saturated carbocycles. The highest BCUT2D eigenvalue weighted by Crippen LogP contribution is 2.36. The van der Waals surface area contributed by atoms with E-state index in [9.17, 15) is 19.2 Å². The number of anilines is 1. The lowest BCUT2D eigenvalue weighted by Gasteiger charge is -2.34. The van der Waals surface area contributed by atoms with Crippen molar-refractivity contribution in [1.29, 1.82) is 0 Å². The van der Waals surface area contributed by atoms with Crippen molar-refractivity contribution >= 4 is 42.2 Å². The molecule has 0 aromatic heterocycles. The van der Waals surface area contributed by atoms with Crippen LogP contribution >= 0.6 is 12.6 Å². The van der Waals surface area contributed by atoms with E-state index in [-0.39, 0.29) is 30.2 Å². The summed E-state index contributed by atoms with van der Waals surface area (Å²) in [6.45, 7) is 9.11. The number of carbonyl (C=O) groups excluding carboxylic acids is 4. The first-order valence-electron chi connectivity index (χ1n) is 13.9. The van der Waals surface area contributed by atoms with E-state index in [0.29, 0.717) is 36.1 Å². The topological polar surface area (TPSA) is 105 Å². The molecule has 0 bridgehead atoms. The Morgan fingerprint density at radius 1 is 1.10 bits per heavy atom. The SMILES string of the molecule is CCOC(=O)CC(C)N1C(=O)c2cc(CCCC(S)NC(=O)OC(C)(C)C)ccc2N(C)C(=O)C1c1ccccc1. The van der Waals surface area contributed by atoms with Gasteiger partial charge in [0.1, 0.15) is 11.6 Å². The first-order chi connectivity index (χ1) is 19.3. The van der Waals surface area contributed by atoms with Crippen LogP contribution in [0.4, 0.5) is 10.5 Å². The zero-order chi connectivity index (χ0) is 30.3. The third-order valence-corrected chi connectivity index (χ3v) is 7.10. The lowest BCUT2D eigenvalue weighted by molar-refractivity contribution is -0.144. The van der Waals surface area contributed by atoms with Crippen LogP contribution in [0.2, 0.25) is 0 Å². The fourth-order valence-corrected chi connectivity index (χ4v) is 5.14. The summed E-state index contributed by atoms with van der Waals surface area (Å²) in [4.78, 5) is 55.5. The number of benzene rings is 2. The minimum atomic E-state index is -0.905. The zero-order valence-corrected chi connectivity index (χ0v) is 25.6. The molecule has 2 aromatic rings. The number of rotatable bonds is 10. The van der Waals surface area contributed by atoms with Crippen molar-refractivity contribution in [2.75, 3.05) is 18.6 Å². The number of thiol groups is 1. The molecule has 41 heavy (non-hydrogen) atoms. The Hall–Kier alpha value is -3.53. The normalized spacial score (nSPS) is 16.9. The lowest BCUT2D eigenvalue weighted by atomic mass is 10.00. The summed E-state index contributed by atoms with van der Waals surface area (Å²) >= 11 is 4.46. The maximum absolute atomic E-state index is 14.2. The fourth-order valence-electron chi connectivity index (χ4n) is 4.85. The molecule has 0 spiro atoms. The predicted octanol–water partition coefficient (Wildman–Crippen LogP) is 5.29. The largest absolute Gasteiger partial charge is 0.466 e. The number of ether oxygens (including phenoxy) is 2. The molecule has 10 heteroatoms. The molecule has 3 unspecified atom stereocenters. The summed E-state index contributed by atoms with van der Waals surface area (Å²) in [5, 5.41) is 2.33. The van der Waals surface area contributed by atoms with Crippen molar-refractivity contribution in [3.8, 4) is 0 Å². The van der Waals surface area contributed by atoms with Crippen molar-refractivity contribution in [2.45, 2.75) is 83.4 Å². The number of nitrogens with one attached hydrogen (secondary N) is 1. The van der Waals surface area contributed by atoms with Crippen molar-refractivity contribution in [3.05, 3.63) is 65.2 Å². The second-order valence-corrected chi connectivity index (χ2v) is 11.8. The van der Waals surface area contributed by atoms with E-state index in [1.54, 1.807) is 47.7 Å². The molecule has 2 aromatic carbocycles. The molecule has 0 aliphatic carbocycles. The first-order valence-corrected chi connectivity index (χ1v) is 14.4. The fraction of sp³-hybridized carbons (Fsp3) is 0.484. The van der Waals surface area contributed by atoms with Crippen LogP contribution < -0.4 is 10.2 Å². The molecular weight excluding hydrogens is 542 g/mol. The molecular formula is C31H41N3O6S. The summed E-state index contributed by atoms with van der Waals surface area (Å²) in [5.41, 5.74) is 1.88. The van der Waals surface area contributed by atoms with Gasteiger partial charge < -0.3 is 24.6 Å². The van der Waals surface area contributed by atoms with E-state index in [4.69, 9.17) is 9.47 Å². The second kappa shape index (κ2) is 13.9. The van der Waals surface area contributed by atoms with Crippen LogP contribution in [0.5, 0.6) is 0 Å². The molecule has 0 radical (unpaired) electrons. The molecule has 0 fully saturated rings. The Balaban J connectivity index is 1.85. The van der Waals surface area contributed by atoms with E-state index in [2.05, 4.69) is 17.9 Å². The molecule has 3 rings (SSSR count). The number of hydrogen-bond acceptors (Lipinski definition) is 7. The van der Waals surface area contributed by atoms with E-state index in [1.165, 1.54) is 9.80 Å². The van der Waals surface area contributed by atoms with Crippen LogP contribution in [0, 0.1) is 0 Å². The number of fused-ring (bicyclic) bond motifs is 1. The predicted molar refractivity (Wildman–Crippen MR) is 161 cm³/mol.